The number of halogens is 1. The first-order valence-electron chi connectivity index (χ1n) is 5.71. The summed E-state index contributed by atoms with van der Waals surface area (Å²) in [6.07, 6.45) is 0.642. The van der Waals surface area contributed by atoms with E-state index in [0.717, 1.165) is 24.0 Å². The van der Waals surface area contributed by atoms with Crippen molar-refractivity contribution >= 4 is 15.9 Å². The predicted molar refractivity (Wildman–Crippen MR) is 71.3 cm³/mol. The third-order valence-electron chi connectivity index (χ3n) is 2.51. The average molecular weight is 286 g/mol. The Hall–Kier alpha value is -0.380. The zero-order chi connectivity index (χ0) is 12.0. The summed E-state index contributed by atoms with van der Waals surface area (Å²) in [4.78, 5) is 0. The molecule has 1 aromatic rings. The quantitative estimate of drug-likeness (QED) is 0.842. The van der Waals surface area contributed by atoms with Crippen LogP contribution in [0.15, 0.2) is 28.7 Å². The van der Waals surface area contributed by atoms with Crippen LogP contribution in [-0.2, 0) is 6.54 Å². The summed E-state index contributed by atoms with van der Waals surface area (Å²) < 4.78 is 1.14. The molecule has 0 bridgehead atoms. The molecule has 0 aliphatic heterocycles. The fourth-order valence-electron chi connectivity index (χ4n) is 1.76. The van der Waals surface area contributed by atoms with Crippen LogP contribution in [0.2, 0.25) is 0 Å². The van der Waals surface area contributed by atoms with Crippen LogP contribution in [0, 0.1) is 5.92 Å². The summed E-state index contributed by atoms with van der Waals surface area (Å²) >= 11 is 3.52. The molecule has 0 heterocycles. The number of rotatable bonds is 6. The summed E-state index contributed by atoms with van der Waals surface area (Å²) in [6.45, 7) is 5.79. The van der Waals surface area contributed by atoms with Crippen molar-refractivity contribution in [1.82, 2.24) is 5.32 Å². The summed E-state index contributed by atoms with van der Waals surface area (Å²) in [6, 6.07) is 8.22. The molecule has 90 valence electrons. The van der Waals surface area contributed by atoms with Crippen molar-refractivity contribution in [3.05, 3.63) is 34.3 Å². The molecule has 0 saturated carbocycles. The monoisotopic (exact) mass is 285 g/mol. The summed E-state index contributed by atoms with van der Waals surface area (Å²) in [5, 5.41) is 12.7. The minimum Gasteiger partial charge on any atom is -0.393 e. The minimum absolute atomic E-state index is 0.208. The van der Waals surface area contributed by atoms with Crippen molar-refractivity contribution in [3.63, 3.8) is 0 Å². The molecule has 0 amide bonds. The van der Waals surface area contributed by atoms with Gasteiger partial charge in [-0.3, -0.25) is 0 Å². The maximum atomic E-state index is 9.25. The molecule has 1 rings (SSSR count). The van der Waals surface area contributed by atoms with Gasteiger partial charge in [-0.05, 0) is 37.4 Å². The van der Waals surface area contributed by atoms with E-state index < -0.39 is 0 Å². The van der Waals surface area contributed by atoms with Gasteiger partial charge >= 0.3 is 0 Å². The molecule has 2 nitrogen and oxygen atoms in total. The highest BCUT2D eigenvalue weighted by atomic mass is 79.9. The molecule has 0 saturated heterocycles. The summed E-state index contributed by atoms with van der Waals surface area (Å²) in [5.74, 6) is 0.502. The molecule has 0 radical (unpaired) electrons. The highest BCUT2D eigenvalue weighted by Crippen LogP contribution is 2.15. The number of nitrogens with one attached hydrogen (secondary N) is 1. The fraction of sp³-hybridized carbons (Fsp3) is 0.538. The Morgan fingerprint density at radius 2 is 2.00 bits per heavy atom. The van der Waals surface area contributed by atoms with E-state index in [1.54, 1.807) is 0 Å². The standard InChI is InChI=1S/C13H20BrNO/c1-10(7-11(2)16)8-15-9-12-5-3-4-6-13(12)14/h3-6,10-11,15-16H,7-9H2,1-2H3. The predicted octanol–water partition coefficient (Wildman–Crippen LogP) is 2.95. The maximum absolute atomic E-state index is 9.25. The molecule has 0 spiro atoms. The van der Waals surface area contributed by atoms with E-state index in [1.165, 1.54) is 5.56 Å². The molecule has 1 aromatic carbocycles. The van der Waals surface area contributed by atoms with Gasteiger partial charge in [0.05, 0.1) is 6.10 Å². The van der Waals surface area contributed by atoms with Gasteiger partial charge < -0.3 is 10.4 Å². The molecule has 0 fully saturated rings. The largest absolute Gasteiger partial charge is 0.393 e. The van der Waals surface area contributed by atoms with Crippen LogP contribution in [0.3, 0.4) is 0 Å². The average Bonchev–Trinajstić information content (AvgIpc) is 2.19. The number of aliphatic hydroxyl groups is 1. The Morgan fingerprint density at radius 3 is 2.62 bits per heavy atom. The molecule has 2 unspecified atom stereocenters. The zero-order valence-corrected chi connectivity index (χ0v) is 11.5. The van der Waals surface area contributed by atoms with Gasteiger partial charge in [-0.2, -0.15) is 0 Å². The number of hydrogen-bond acceptors (Lipinski definition) is 2. The van der Waals surface area contributed by atoms with Crippen LogP contribution in [0.25, 0.3) is 0 Å². The minimum atomic E-state index is -0.208. The van der Waals surface area contributed by atoms with E-state index >= 15 is 0 Å². The third-order valence-corrected chi connectivity index (χ3v) is 3.28. The van der Waals surface area contributed by atoms with Gasteiger partial charge in [-0.25, -0.2) is 0 Å². The first-order valence-corrected chi connectivity index (χ1v) is 6.51. The second-order valence-electron chi connectivity index (χ2n) is 4.41. The van der Waals surface area contributed by atoms with Crippen LogP contribution in [-0.4, -0.2) is 17.8 Å². The Bertz CT molecular complexity index is 315. The molecule has 2 N–H and O–H groups in total. The molecule has 0 aliphatic rings. The SMILES string of the molecule is CC(O)CC(C)CNCc1ccccc1Br. The van der Waals surface area contributed by atoms with Crippen molar-refractivity contribution in [1.29, 1.82) is 0 Å². The molecular formula is C13H20BrNO. The van der Waals surface area contributed by atoms with Crippen molar-refractivity contribution in [3.8, 4) is 0 Å². The highest BCUT2D eigenvalue weighted by Gasteiger charge is 2.05. The first kappa shape index (κ1) is 13.7. The first-order chi connectivity index (χ1) is 7.59. The molecule has 0 aromatic heterocycles. The Morgan fingerprint density at radius 1 is 1.31 bits per heavy atom. The van der Waals surface area contributed by atoms with Gasteiger partial charge in [0.1, 0.15) is 0 Å². The van der Waals surface area contributed by atoms with E-state index in [2.05, 4.69) is 40.3 Å². The lowest BCUT2D eigenvalue weighted by Crippen LogP contribution is -2.23. The molecule has 2 atom stereocenters. The number of benzene rings is 1. The molecule has 0 aliphatic carbocycles. The van der Waals surface area contributed by atoms with E-state index in [4.69, 9.17) is 0 Å². The smallest absolute Gasteiger partial charge is 0.0515 e. The topological polar surface area (TPSA) is 32.3 Å². The van der Waals surface area contributed by atoms with Gasteiger partial charge in [0.25, 0.3) is 0 Å². The zero-order valence-electron chi connectivity index (χ0n) is 9.91. The van der Waals surface area contributed by atoms with Gasteiger partial charge in [0.2, 0.25) is 0 Å². The molecular weight excluding hydrogens is 266 g/mol. The van der Waals surface area contributed by atoms with Crippen molar-refractivity contribution in [2.75, 3.05) is 6.54 Å². The van der Waals surface area contributed by atoms with Crippen molar-refractivity contribution < 1.29 is 5.11 Å². The number of aliphatic hydroxyl groups excluding tert-OH is 1. The van der Waals surface area contributed by atoms with Crippen LogP contribution < -0.4 is 5.32 Å². The fourth-order valence-corrected chi connectivity index (χ4v) is 2.19. The Balaban J connectivity index is 2.28. The second-order valence-corrected chi connectivity index (χ2v) is 5.27. The maximum Gasteiger partial charge on any atom is 0.0515 e. The van der Waals surface area contributed by atoms with Crippen LogP contribution in [0.5, 0.6) is 0 Å². The second kappa shape index (κ2) is 7.05. The molecule has 3 heteroatoms. The molecule has 16 heavy (non-hydrogen) atoms. The van der Waals surface area contributed by atoms with Crippen LogP contribution in [0.4, 0.5) is 0 Å². The Labute approximate surface area is 106 Å². The Kier molecular flexibility index (Phi) is 6.03. The van der Waals surface area contributed by atoms with E-state index in [1.807, 2.05) is 19.1 Å². The van der Waals surface area contributed by atoms with E-state index in [0.29, 0.717) is 5.92 Å². The van der Waals surface area contributed by atoms with Crippen molar-refractivity contribution in [2.24, 2.45) is 5.92 Å². The van der Waals surface area contributed by atoms with Crippen LogP contribution in [0.1, 0.15) is 25.8 Å². The summed E-state index contributed by atoms with van der Waals surface area (Å²) in [7, 11) is 0. The normalized spacial score (nSPS) is 14.8. The summed E-state index contributed by atoms with van der Waals surface area (Å²) in [5.41, 5.74) is 1.27. The van der Waals surface area contributed by atoms with Crippen molar-refractivity contribution in [2.45, 2.75) is 32.9 Å². The third kappa shape index (κ3) is 5.10. The van der Waals surface area contributed by atoms with Gasteiger partial charge in [-0.15, -0.1) is 0 Å². The van der Waals surface area contributed by atoms with Gasteiger partial charge in [0.15, 0.2) is 0 Å². The number of hydrogen-bond donors (Lipinski definition) is 2. The lowest BCUT2D eigenvalue weighted by atomic mass is 10.0. The van der Waals surface area contributed by atoms with Gasteiger partial charge in [0, 0.05) is 11.0 Å². The van der Waals surface area contributed by atoms with Crippen LogP contribution >= 0.6 is 15.9 Å². The lowest BCUT2D eigenvalue weighted by Gasteiger charge is -2.14. The highest BCUT2D eigenvalue weighted by molar-refractivity contribution is 9.10. The van der Waals surface area contributed by atoms with Gasteiger partial charge in [-0.1, -0.05) is 41.1 Å². The van der Waals surface area contributed by atoms with E-state index in [9.17, 15) is 5.11 Å². The van der Waals surface area contributed by atoms with E-state index in [-0.39, 0.29) is 6.10 Å². The lowest BCUT2D eigenvalue weighted by molar-refractivity contribution is 0.163.